The van der Waals surface area contributed by atoms with Gasteiger partial charge in [0.2, 0.25) is 11.8 Å². The third kappa shape index (κ3) is 4.11. The lowest BCUT2D eigenvalue weighted by Crippen LogP contribution is -2.39. The molecule has 4 atom stereocenters. The van der Waals surface area contributed by atoms with Crippen LogP contribution in [0.15, 0.2) is 75.8 Å². The number of ether oxygens (including phenoxy) is 1. The molecule has 1 heterocycles. The SMILES string of the molecule is COc1ccc([C@H]2C3=CC[C@@H]4C(=O)N(CCc5ccc(O)cc5)C(=O)[C@@H]4[C@@H]3CC3=C2C(=O)C=C(Br)C3=O)c(O)c1. The Bertz CT molecular complexity index is 1570. The monoisotopic (exact) mass is 603 g/mol. The first kappa shape index (κ1) is 26.3. The van der Waals surface area contributed by atoms with Crippen LogP contribution < -0.4 is 4.74 Å². The summed E-state index contributed by atoms with van der Waals surface area (Å²) in [6.45, 7) is 0.208. The van der Waals surface area contributed by atoms with E-state index in [1.807, 2.05) is 6.08 Å². The van der Waals surface area contributed by atoms with Gasteiger partial charge in [-0.2, -0.15) is 0 Å². The Morgan fingerprint density at radius 1 is 1.00 bits per heavy atom. The van der Waals surface area contributed by atoms with Gasteiger partial charge in [0.05, 0.1) is 23.4 Å². The van der Waals surface area contributed by atoms with Gasteiger partial charge in [-0.3, -0.25) is 24.1 Å². The van der Waals surface area contributed by atoms with Crippen LogP contribution in [-0.4, -0.2) is 52.1 Å². The van der Waals surface area contributed by atoms with Crippen LogP contribution in [0.1, 0.15) is 29.9 Å². The summed E-state index contributed by atoms with van der Waals surface area (Å²) in [6.07, 6.45) is 4.12. The number of amides is 2. The number of phenols is 2. The van der Waals surface area contributed by atoms with Crippen molar-refractivity contribution in [3.8, 4) is 17.2 Å². The number of fused-ring (bicyclic) bond motifs is 3. The smallest absolute Gasteiger partial charge is 0.233 e. The maximum atomic E-state index is 13.8. The van der Waals surface area contributed by atoms with E-state index in [0.717, 1.165) is 11.1 Å². The summed E-state index contributed by atoms with van der Waals surface area (Å²) < 4.78 is 5.39. The highest BCUT2D eigenvalue weighted by molar-refractivity contribution is 9.12. The summed E-state index contributed by atoms with van der Waals surface area (Å²) in [5.74, 6) is -3.11. The van der Waals surface area contributed by atoms with Crippen LogP contribution in [0.2, 0.25) is 0 Å². The number of allylic oxidation sites excluding steroid dienone is 6. The molecular weight excluding hydrogens is 578 g/mol. The second kappa shape index (κ2) is 9.89. The van der Waals surface area contributed by atoms with Crippen molar-refractivity contribution in [2.75, 3.05) is 13.7 Å². The normalized spacial score (nSPS) is 25.8. The zero-order valence-corrected chi connectivity index (χ0v) is 23.2. The minimum atomic E-state index is -0.733. The van der Waals surface area contributed by atoms with Gasteiger partial charge >= 0.3 is 0 Å². The van der Waals surface area contributed by atoms with Crippen molar-refractivity contribution in [2.45, 2.75) is 25.2 Å². The molecule has 0 unspecified atom stereocenters. The number of Topliss-reactive ketones (excluding diaryl/α,β-unsaturated/α-hetero) is 1. The highest BCUT2D eigenvalue weighted by Crippen LogP contribution is 2.56. The van der Waals surface area contributed by atoms with Crippen molar-refractivity contribution in [2.24, 2.45) is 17.8 Å². The molecule has 4 aliphatic rings. The molecule has 8 nitrogen and oxygen atoms in total. The van der Waals surface area contributed by atoms with E-state index in [-0.39, 0.29) is 52.3 Å². The number of likely N-dealkylation sites (tertiary alicyclic amines) is 1. The molecule has 0 spiro atoms. The summed E-state index contributed by atoms with van der Waals surface area (Å²) in [4.78, 5) is 55.2. The van der Waals surface area contributed by atoms with Crippen molar-refractivity contribution < 1.29 is 34.1 Å². The molecule has 1 fully saturated rings. The lowest BCUT2D eigenvalue weighted by atomic mass is 9.59. The summed E-state index contributed by atoms with van der Waals surface area (Å²) in [5, 5.41) is 20.5. The molecule has 0 saturated carbocycles. The first-order chi connectivity index (χ1) is 19.2. The molecule has 1 aliphatic heterocycles. The average molecular weight is 604 g/mol. The number of methoxy groups -OCH3 is 1. The molecule has 9 heteroatoms. The number of aromatic hydroxyl groups is 2. The maximum absolute atomic E-state index is 13.8. The van der Waals surface area contributed by atoms with Crippen molar-refractivity contribution in [3.63, 3.8) is 0 Å². The summed E-state index contributed by atoms with van der Waals surface area (Å²) in [6, 6.07) is 11.5. The quantitative estimate of drug-likeness (QED) is 0.300. The number of ketones is 2. The molecule has 3 aliphatic carbocycles. The average Bonchev–Trinajstić information content (AvgIpc) is 3.19. The van der Waals surface area contributed by atoms with E-state index in [0.29, 0.717) is 35.3 Å². The van der Waals surface area contributed by atoms with Gasteiger partial charge in [-0.1, -0.05) is 29.8 Å². The molecule has 40 heavy (non-hydrogen) atoms. The van der Waals surface area contributed by atoms with Gasteiger partial charge in [-0.25, -0.2) is 0 Å². The van der Waals surface area contributed by atoms with Crippen LogP contribution >= 0.6 is 15.9 Å². The minimum absolute atomic E-state index is 0.0851. The highest BCUT2D eigenvalue weighted by atomic mass is 79.9. The lowest BCUT2D eigenvalue weighted by Gasteiger charge is -2.42. The second-order valence-corrected chi connectivity index (χ2v) is 11.4. The Hall–Kier alpha value is -3.98. The van der Waals surface area contributed by atoms with Crippen LogP contribution in [0.4, 0.5) is 0 Å². The predicted octanol–water partition coefficient (Wildman–Crippen LogP) is 4.11. The van der Waals surface area contributed by atoms with Crippen LogP contribution in [0.3, 0.4) is 0 Å². The van der Waals surface area contributed by atoms with Crippen LogP contribution in [0.25, 0.3) is 0 Å². The van der Waals surface area contributed by atoms with Gasteiger partial charge in [-0.15, -0.1) is 0 Å². The topological polar surface area (TPSA) is 121 Å². The molecule has 2 N–H and O–H groups in total. The first-order valence-corrected chi connectivity index (χ1v) is 13.9. The molecule has 1 saturated heterocycles. The lowest BCUT2D eigenvalue weighted by molar-refractivity contribution is -0.140. The van der Waals surface area contributed by atoms with Crippen molar-refractivity contribution >= 4 is 39.3 Å². The summed E-state index contributed by atoms with van der Waals surface area (Å²) >= 11 is 3.22. The van der Waals surface area contributed by atoms with E-state index >= 15 is 0 Å². The Labute approximate surface area is 238 Å². The first-order valence-electron chi connectivity index (χ1n) is 13.1. The zero-order chi connectivity index (χ0) is 28.3. The standard InChI is InChI=1S/C31H26BrNO7/c1-40-17-6-7-19(24(35)12-17)26-18-8-9-20-27(21(18)13-22-28(26)25(36)14-23(32)29(22)37)31(39)33(30(20)38)11-10-15-2-4-16(34)5-3-15/h2-8,12,14,20-21,26-27,34-35H,9-11,13H2,1H3/t20-,21+,26+,27-/m0/s1. The second-order valence-electron chi connectivity index (χ2n) is 10.6. The Morgan fingerprint density at radius 2 is 1.75 bits per heavy atom. The fourth-order valence-corrected chi connectivity index (χ4v) is 7.09. The summed E-state index contributed by atoms with van der Waals surface area (Å²) in [5.41, 5.74) is 2.71. The molecule has 2 aromatic carbocycles. The molecule has 6 rings (SSSR count). The van der Waals surface area contributed by atoms with Gasteiger partial charge in [0.1, 0.15) is 17.2 Å². The van der Waals surface area contributed by atoms with E-state index in [9.17, 15) is 29.4 Å². The Kier molecular flexibility index (Phi) is 6.49. The fourth-order valence-electron chi connectivity index (χ4n) is 6.65. The minimum Gasteiger partial charge on any atom is -0.508 e. The van der Waals surface area contributed by atoms with E-state index in [4.69, 9.17) is 4.74 Å². The number of nitrogens with zero attached hydrogens (tertiary/aromatic N) is 1. The molecule has 2 aromatic rings. The van der Waals surface area contributed by atoms with Gasteiger partial charge < -0.3 is 14.9 Å². The third-order valence-electron chi connectivity index (χ3n) is 8.53. The Morgan fingerprint density at radius 3 is 2.45 bits per heavy atom. The van der Waals surface area contributed by atoms with E-state index in [1.54, 1.807) is 36.4 Å². The van der Waals surface area contributed by atoms with E-state index in [1.165, 1.54) is 24.2 Å². The number of halogens is 1. The fraction of sp³-hybridized carbons (Fsp3) is 0.290. The van der Waals surface area contributed by atoms with Crippen LogP contribution in [0, 0.1) is 17.8 Å². The van der Waals surface area contributed by atoms with E-state index in [2.05, 4.69) is 15.9 Å². The summed E-state index contributed by atoms with van der Waals surface area (Å²) in [7, 11) is 1.48. The molecular formula is C31H26BrNO7. The number of carbonyl (C=O) groups is 4. The number of phenolic OH excluding ortho intramolecular Hbond substituents is 2. The largest absolute Gasteiger partial charge is 0.508 e. The number of carbonyl (C=O) groups excluding carboxylic acids is 4. The molecule has 0 bridgehead atoms. The number of imide groups is 1. The maximum Gasteiger partial charge on any atom is 0.233 e. The molecule has 0 radical (unpaired) electrons. The number of rotatable bonds is 5. The third-order valence-corrected chi connectivity index (χ3v) is 9.12. The highest BCUT2D eigenvalue weighted by Gasteiger charge is 2.56. The van der Waals surface area contributed by atoms with Gasteiger partial charge in [-0.05, 0) is 64.9 Å². The van der Waals surface area contributed by atoms with Crippen molar-refractivity contribution in [1.82, 2.24) is 4.90 Å². The molecule has 0 aromatic heterocycles. The van der Waals surface area contributed by atoms with Crippen molar-refractivity contribution in [3.05, 3.63) is 86.9 Å². The number of hydrogen-bond donors (Lipinski definition) is 2. The van der Waals surface area contributed by atoms with Crippen LogP contribution in [-0.2, 0) is 25.6 Å². The number of benzene rings is 2. The Balaban J connectivity index is 1.39. The molecule has 204 valence electrons. The predicted molar refractivity (Wildman–Crippen MR) is 148 cm³/mol. The van der Waals surface area contributed by atoms with Gasteiger partial charge in [0.25, 0.3) is 0 Å². The van der Waals surface area contributed by atoms with E-state index < -0.39 is 23.7 Å². The van der Waals surface area contributed by atoms with Crippen LogP contribution in [0.5, 0.6) is 17.2 Å². The van der Waals surface area contributed by atoms with Crippen molar-refractivity contribution in [1.29, 1.82) is 0 Å². The zero-order valence-electron chi connectivity index (χ0n) is 21.6. The van der Waals surface area contributed by atoms with Gasteiger partial charge in [0, 0.05) is 41.3 Å². The van der Waals surface area contributed by atoms with Gasteiger partial charge in [0.15, 0.2) is 11.6 Å². The number of hydrogen-bond acceptors (Lipinski definition) is 7. The molecule has 2 amide bonds.